The third-order valence-electron chi connectivity index (χ3n) is 3.80. The molecule has 1 rings (SSSR count). The van der Waals surface area contributed by atoms with Crippen molar-refractivity contribution < 1.29 is 0 Å². The van der Waals surface area contributed by atoms with E-state index in [1.807, 2.05) is 13.2 Å². The molecule has 1 N–H and O–H groups in total. The van der Waals surface area contributed by atoms with E-state index in [9.17, 15) is 0 Å². The molecule has 0 aliphatic heterocycles. The monoisotopic (exact) mass is 265 g/mol. The lowest BCUT2D eigenvalue weighted by atomic mass is 10.1. The van der Waals surface area contributed by atoms with Crippen LogP contribution in [-0.2, 0) is 6.54 Å². The molecule has 0 saturated carbocycles. The summed E-state index contributed by atoms with van der Waals surface area (Å²) in [5.41, 5.74) is 1.31. The zero-order valence-electron chi connectivity index (χ0n) is 13.0. The van der Waals surface area contributed by atoms with Gasteiger partial charge in [-0.25, -0.2) is 0 Å². The maximum atomic E-state index is 4.46. The van der Waals surface area contributed by atoms with Gasteiger partial charge in [0.2, 0.25) is 0 Å². The summed E-state index contributed by atoms with van der Waals surface area (Å²) in [5, 5.41) is 7.78. The Hall–Kier alpha value is -0.830. The van der Waals surface area contributed by atoms with Gasteiger partial charge < -0.3 is 5.32 Å². The molecule has 1 aromatic rings. The van der Waals surface area contributed by atoms with Crippen LogP contribution < -0.4 is 5.32 Å². The number of rotatable bonds is 11. The molecule has 0 saturated heterocycles. The predicted octanol–water partition coefficient (Wildman–Crippen LogP) is 4.30. The van der Waals surface area contributed by atoms with E-state index in [-0.39, 0.29) is 0 Å². The summed E-state index contributed by atoms with van der Waals surface area (Å²) in [5.74, 6) is 0. The van der Waals surface area contributed by atoms with Crippen LogP contribution in [0.1, 0.15) is 76.8 Å². The molecule has 0 bridgehead atoms. The van der Waals surface area contributed by atoms with Crippen LogP contribution >= 0.6 is 0 Å². The highest BCUT2D eigenvalue weighted by Gasteiger charge is 2.08. The van der Waals surface area contributed by atoms with Crippen molar-refractivity contribution in [3.8, 4) is 0 Å². The zero-order valence-corrected chi connectivity index (χ0v) is 13.0. The Bertz CT molecular complexity index is 316. The van der Waals surface area contributed by atoms with Crippen LogP contribution in [0.25, 0.3) is 0 Å². The van der Waals surface area contributed by atoms with Crippen molar-refractivity contribution in [2.45, 2.75) is 77.8 Å². The Labute approximate surface area is 118 Å². The molecule has 0 amide bonds. The number of nitrogens with one attached hydrogen (secondary N) is 1. The van der Waals surface area contributed by atoms with Crippen LogP contribution in [-0.4, -0.2) is 16.8 Å². The van der Waals surface area contributed by atoms with E-state index in [2.05, 4.69) is 35.1 Å². The van der Waals surface area contributed by atoms with E-state index >= 15 is 0 Å². The molecule has 3 heteroatoms. The third-order valence-corrected chi connectivity index (χ3v) is 3.80. The minimum absolute atomic E-state index is 0.447. The first-order valence-corrected chi connectivity index (χ1v) is 8.01. The molecule has 0 spiro atoms. The summed E-state index contributed by atoms with van der Waals surface area (Å²) in [7, 11) is 2.02. The van der Waals surface area contributed by atoms with Gasteiger partial charge in [-0.05, 0) is 19.9 Å². The zero-order chi connectivity index (χ0) is 13.9. The van der Waals surface area contributed by atoms with Crippen molar-refractivity contribution in [2.24, 2.45) is 0 Å². The van der Waals surface area contributed by atoms with Gasteiger partial charge in [-0.15, -0.1) is 0 Å². The minimum atomic E-state index is 0.447. The number of hydrogen-bond acceptors (Lipinski definition) is 2. The van der Waals surface area contributed by atoms with Crippen molar-refractivity contribution in [3.05, 3.63) is 18.0 Å². The lowest BCUT2D eigenvalue weighted by Crippen LogP contribution is -2.14. The Balaban J connectivity index is 2.16. The van der Waals surface area contributed by atoms with Crippen LogP contribution in [0.4, 0.5) is 0 Å². The first-order valence-electron chi connectivity index (χ1n) is 8.01. The molecule has 0 fully saturated rings. The van der Waals surface area contributed by atoms with E-state index in [0.717, 1.165) is 13.0 Å². The van der Waals surface area contributed by atoms with Crippen molar-refractivity contribution in [1.82, 2.24) is 15.1 Å². The lowest BCUT2D eigenvalue weighted by molar-refractivity contribution is 0.521. The van der Waals surface area contributed by atoms with Crippen molar-refractivity contribution in [3.63, 3.8) is 0 Å². The van der Waals surface area contributed by atoms with E-state index in [4.69, 9.17) is 0 Å². The number of hydrogen-bond donors (Lipinski definition) is 1. The van der Waals surface area contributed by atoms with Crippen molar-refractivity contribution >= 4 is 0 Å². The second-order valence-corrected chi connectivity index (χ2v) is 5.41. The number of unbranched alkanes of at least 4 members (excludes halogenated alkanes) is 6. The fourth-order valence-electron chi connectivity index (χ4n) is 2.52. The Morgan fingerprint density at radius 3 is 2.42 bits per heavy atom. The fraction of sp³-hybridized carbons (Fsp3) is 0.812. The van der Waals surface area contributed by atoms with Gasteiger partial charge in [0.25, 0.3) is 0 Å². The van der Waals surface area contributed by atoms with Gasteiger partial charge in [-0.1, -0.05) is 52.4 Å². The van der Waals surface area contributed by atoms with Gasteiger partial charge in [0.05, 0.1) is 6.20 Å². The summed E-state index contributed by atoms with van der Waals surface area (Å²) < 4.78 is 2.10. The molecule has 0 aliphatic rings. The minimum Gasteiger partial charge on any atom is -0.313 e. The Morgan fingerprint density at radius 1 is 1.11 bits per heavy atom. The highest BCUT2D eigenvalue weighted by molar-refractivity contribution is 5.09. The Kier molecular flexibility index (Phi) is 8.55. The molecule has 1 unspecified atom stereocenters. The Morgan fingerprint density at radius 2 is 1.79 bits per heavy atom. The van der Waals surface area contributed by atoms with Crippen LogP contribution in [0.2, 0.25) is 0 Å². The molecule has 19 heavy (non-hydrogen) atoms. The van der Waals surface area contributed by atoms with Crippen LogP contribution in [0.3, 0.4) is 0 Å². The van der Waals surface area contributed by atoms with E-state index in [0.29, 0.717) is 6.04 Å². The molecule has 3 nitrogen and oxygen atoms in total. The topological polar surface area (TPSA) is 29.9 Å². The molecular formula is C16H31N3. The highest BCUT2D eigenvalue weighted by atomic mass is 15.3. The summed E-state index contributed by atoms with van der Waals surface area (Å²) in [6, 6.07) is 0.447. The van der Waals surface area contributed by atoms with Gasteiger partial charge >= 0.3 is 0 Å². The van der Waals surface area contributed by atoms with Crippen LogP contribution in [0, 0.1) is 0 Å². The van der Waals surface area contributed by atoms with E-state index < -0.39 is 0 Å². The number of aryl methyl sites for hydroxylation is 1. The van der Waals surface area contributed by atoms with Gasteiger partial charge in [0.15, 0.2) is 0 Å². The lowest BCUT2D eigenvalue weighted by Gasteiger charge is -2.10. The molecule has 1 aromatic heterocycles. The van der Waals surface area contributed by atoms with Gasteiger partial charge in [0, 0.05) is 24.3 Å². The van der Waals surface area contributed by atoms with Gasteiger partial charge in [-0.2, -0.15) is 5.10 Å². The normalized spacial score (nSPS) is 12.8. The summed E-state index contributed by atoms with van der Waals surface area (Å²) in [6.45, 7) is 5.53. The predicted molar refractivity (Wildman–Crippen MR) is 82.3 cm³/mol. The largest absolute Gasteiger partial charge is 0.313 e. The first kappa shape index (κ1) is 16.2. The maximum Gasteiger partial charge on any atom is 0.0537 e. The molecule has 1 heterocycles. The molecule has 110 valence electrons. The van der Waals surface area contributed by atoms with E-state index in [1.165, 1.54) is 50.5 Å². The third kappa shape index (κ3) is 6.24. The van der Waals surface area contributed by atoms with E-state index in [1.54, 1.807) is 0 Å². The molecule has 1 atom stereocenters. The fourth-order valence-corrected chi connectivity index (χ4v) is 2.52. The second kappa shape index (κ2) is 10.0. The maximum absolute atomic E-state index is 4.46. The average molecular weight is 265 g/mol. The number of aromatic nitrogens is 2. The van der Waals surface area contributed by atoms with Gasteiger partial charge in [0.1, 0.15) is 0 Å². The van der Waals surface area contributed by atoms with Crippen LogP contribution in [0.5, 0.6) is 0 Å². The smallest absolute Gasteiger partial charge is 0.0537 e. The molecule has 0 aliphatic carbocycles. The molecule has 0 radical (unpaired) electrons. The molecular weight excluding hydrogens is 234 g/mol. The van der Waals surface area contributed by atoms with Crippen molar-refractivity contribution in [1.29, 1.82) is 0 Å². The quantitative estimate of drug-likeness (QED) is 0.604. The number of nitrogens with zero attached hydrogens (tertiary/aromatic N) is 2. The summed E-state index contributed by atoms with van der Waals surface area (Å²) in [4.78, 5) is 0. The summed E-state index contributed by atoms with van der Waals surface area (Å²) >= 11 is 0. The first-order chi connectivity index (χ1) is 9.31. The molecule has 0 aromatic carbocycles. The SMILES string of the molecule is CCCCCCCCCn1cc(C(CC)NC)cn1. The summed E-state index contributed by atoms with van der Waals surface area (Å²) in [6.07, 6.45) is 14.8. The standard InChI is InChI=1S/C16H31N3/c1-4-6-7-8-9-10-11-12-19-14-15(13-18-19)16(5-2)17-3/h13-14,16-17H,4-12H2,1-3H3. The van der Waals surface area contributed by atoms with Crippen LogP contribution in [0.15, 0.2) is 12.4 Å². The average Bonchev–Trinajstić information content (AvgIpc) is 2.88. The second-order valence-electron chi connectivity index (χ2n) is 5.41. The van der Waals surface area contributed by atoms with Gasteiger partial charge in [-0.3, -0.25) is 4.68 Å². The van der Waals surface area contributed by atoms with Crippen molar-refractivity contribution in [2.75, 3.05) is 7.05 Å². The highest BCUT2D eigenvalue weighted by Crippen LogP contribution is 2.15.